The normalized spacial score (nSPS) is 16.6. The van der Waals surface area contributed by atoms with Crippen LogP contribution in [0.15, 0.2) is 30.3 Å². The summed E-state index contributed by atoms with van der Waals surface area (Å²) in [5, 5.41) is 10.2. The van der Waals surface area contributed by atoms with Crippen molar-refractivity contribution >= 4 is 15.4 Å². The lowest BCUT2D eigenvalue weighted by atomic mass is 10.2. The quantitative estimate of drug-likeness (QED) is 0.550. The molecule has 1 aromatic rings. The van der Waals surface area contributed by atoms with Crippen molar-refractivity contribution in [2.24, 2.45) is 0 Å². The molecule has 0 heterocycles. The molecule has 0 bridgehead atoms. The number of aliphatic hydroxyl groups is 1. The highest BCUT2D eigenvalue weighted by Crippen LogP contribution is 2.55. The van der Waals surface area contributed by atoms with Crippen LogP contribution in [-0.2, 0) is 4.57 Å². The minimum Gasteiger partial charge on any atom is -0.378 e. The monoisotopic (exact) mass is 314 g/mol. The fourth-order valence-corrected chi connectivity index (χ4v) is 9.28. The molecule has 0 radical (unpaired) electrons. The van der Waals surface area contributed by atoms with E-state index in [9.17, 15) is 14.6 Å². The molecular formula is C15H27O3PSi. The molecule has 0 fully saturated rings. The van der Waals surface area contributed by atoms with Gasteiger partial charge in [0.05, 0.1) is 8.07 Å². The molecule has 3 nitrogen and oxygen atoms in total. The van der Waals surface area contributed by atoms with Crippen molar-refractivity contribution in [3.8, 4) is 0 Å². The van der Waals surface area contributed by atoms with E-state index >= 15 is 0 Å². The maximum absolute atomic E-state index is 12.4. The molecule has 114 valence electrons. The zero-order valence-electron chi connectivity index (χ0n) is 12.7. The van der Waals surface area contributed by atoms with Crippen molar-refractivity contribution in [2.45, 2.75) is 50.8 Å². The second-order valence-electron chi connectivity index (χ2n) is 5.57. The summed E-state index contributed by atoms with van der Waals surface area (Å²) in [5.74, 6) is -1.25. The van der Waals surface area contributed by atoms with Crippen molar-refractivity contribution in [1.82, 2.24) is 0 Å². The van der Waals surface area contributed by atoms with Crippen LogP contribution in [0.5, 0.6) is 0 Å². The highest BCUT2D eigenvalue weighted by molar-refractivity contribution is 7.58. The first-order chi connectivity index (χ1) is 9.40. The number of rotatable bonds is 8. The Morgan fingerprint density at radius 2 is 1.60 bits per heavy atom. The topological polar surface area (TPSA) is 57.5 Å². The van der Waals surface area contributed by atoms with E-state index in [-0.39, 0.29) is 6.16 Å². The third-order valence-corrected chi connectivity index (χ3v) is 12.9. The lowest BCUT2D eigenvalue weighted by Gasteiger charge is -2.30. The largest absolute Gasteiger partial charge is 0.378 e. The third kappa shape index (κ3) is 4.29. The van der Waals surface area contributed by atoms with Gasteiger partial charge < -0.3 is 10.00 Å². The van der Waals surface area contributed by atoms with E-state index in [0.717, 1.165) is 24.2 Å². The second kappa shape index (κ2) is 7.55. The van der Waals surface area contributed by atoms with Gasteiger partial charge in [-0.1, -0.05) is 69.2 Å². The average Bonchev–Trinajstić information content (AvgIpc) is 2.49. The first-order valence-electron chi connectivity index (χ1n) is 7.45. The van der Waals surface area contributed by atoms with Crippen LogP contribution >= 0.6 is 7.37 Å². The van der Waals surface area contributed by atoms with Crippen LogP contribution in [0.3, 0.4) is 0 Å². The summed E-state index contributed by atoms with van der Waals surface area (Å²) < 4.78 is 12.4. The molecule has 0 aliphatic rings. The van der Waals surface area contributed by atoms with E-state index in [2.05, 4.69) is 20.8 Å². The second-order valence-corrected chi connectivity index (χ2v) is 13.6. The van der Waals surface area contributed by atoms with Crippen LogP contribution in [0.4, 0.5) is 0 Å². The van der Waals surface area contributed by atoms with Crippen molar-refractivity contribution in [1.29, 1.82) is 0 Å². The SMILES string of the molecule is CC[Si](CC)(CC)CCP(=O)(O)C(O)c1ccccc1. The summed E-state index contributed by atoms with van der Waals surface area (Å²) in [5.41, 5.74) is 0.537. The third-order valence-electron chi connectivity index (χ3n) is 4.69. The van der Waals surface area contributed by atoms with Gasteiger partial charge in [0.2, 0.25) is 7.37 Å². The fourth-order valence-electron chi connectivity index (χ4n) is 2.66. The Bertz CT molecular complexity index is 437. The molecule has 0 amide bonds. The summed E-state index contributed by atoms with van der Waals surface area (Å²) in [4.78, 5) is 10.2. The molecule has 2 unspecified atom stereocenters. The van der Waals surface area contributed by atoms with Gasteiger partial charge in [-0.05, 0) is 11.6 Å². The molecule has 0 saturated carbocycles. The number of hydrogen-bond acceptors (Lipinski definition) is 2. The van der Waals surface area contributed by atoms with Crippen LogP contribution in [0.2, 0.25) is 24.2 Å². The molecule has 1 aromatic carbocycles. The van der Waals surface area contributed by atoms with E-state index in [1.807, 2.05) is 6.07 Å². The van der Waals surface area contributed by atoms with Gasteiger partial charge in [0.15, 0.2) is 5.85 Å². The van der Waals surface area contributed by atoms with E-state index in [1.54, 1.807) is 24.3 Å². The minimum atomic E-state index is -3.55. The Kier molecular flexibility index (Phi) is 6.66. The van der Waals surface area contributed by atoms with Crippen LogP contribution in [-0.4, -0.2) is 24.2 Å². The van der Waals surface area contributed by atoms with Gasteiger partial charge in [-0.3, -0.25) is 4.57 Å². The first kappa shape index (κ1) is 17.6. The predicted molar refractivity (Wildman–Crippen MR) is 88.1 cm³/mol. The van der Waals surface area contributed by atoms with Gasteiger partial charge in [0.1, 0.15) is 0 Å². The highest BCUT2D eigenvalue weighted by Gasteiger charge is 2.35. The van der Waals surface area contributed by atoms with Crippen molar-refractivity contribution in [2.75, 3.05) is 6.16 Å². The van der Waals surface area contributed by atoms with Gasteiger partial charge >= 0.3 is 0 Å². The van der Waals surface area contributed by atoms with Crippen LogP contribution in [0.25, 0.3) is 0 Å². The Balaban J connectivity index is 2.77. The molecule has 20 heavy (non-hydrogen) atoms. The fraction of sp³-hybridized carbons (Fsp3) is 0.600. The van der Waals surface area contributed by atoms with Crippen LogP contribution in [0.1, 0.15) is 32.2 Å². The lowest BCUT2D eigenvalue weighted by Crippen LogP contribution is -2.32. The van der Waals surface area contributed by atoms with E-state index < -0.39 is 21.3 Å². The van der Waals surface area contributed by atoms with E-state index in [4.69, 9.17) is 0 Å². The number of hydrogen-bond donors (Lipinski definition) is 2. The molecule has 1 rings (SSSR count). The predicted octanol–water partition coefficient (Wildman–Crippen LogP) is 4.46. The molecule has 0 aliphatic heterocycles. The first-order valence-corrected chi connectivity index (χ1v) is 12.2. The Morgan fingerprint density at radius 3 is 2.05 bits per heavy atom. The van der Waals surface area contributed by atoms with Gasteiger partial charge in [-0.15, -0.1) is 0 Å². The number of benzene rings is 1. The molecule has 5 heteroatoms. The van der Waals surface area contributed by atoms with Gasteiger partial charge in [-0.2, -0.15) is 0 Å². The maximum Gasteiger partial charge on any atom is 0.232 e. The summed E-state index contributed by atoms with van der Waals surface area (Å²) in [6, 6.07) is 13.1. The lowest BCUT2D eigenvalue weighted by molar-refractivity contribution is 0.235. The molecule has 0 aromatic heterocycles. The van der Waals surface area contributed by atoms with Gasteiger partial charge in [0.25, 0.3) is 0 Å². The summed E-state index contributed by atoms with van der Waals surface area (Å²) in [6.45, 7) is 6.57. The molecular weight excluding hydrogens is 287 g/mol. The van der Waals surface area contributed by atoms with Gasteiger partial charge in [-0.25, -0.2) is 0 Å². The standard InChI is InChI=1S/C15H27O3PSi/c1-4-20(5-2,6-3)13-12-19(17,18)15(16)14-10-8-7-9-11-14/h7-11,15-16H,4-6,12-13H2,1-3H3,(H,17,18). The number of aliphatic hydroxyl groups excluding tert-OH is 1. The van der Waals surface area contributed by atoms with Crippen LogP contribution < -0.4 is 0 Å². The Morgan fingerprint density at radius 1 is 1.10 bits per heavy atom. The zero-order valence-corrected chi connectivity index (χ0v) is 14.6. The zero-order chi connectivity index (χ0) is 15.2. The summed E-state index contributed by atoms with van der Waals surface area (Å²) in [6.07, 6.45) is 0.241. The smallest absolute Gasteiger partial charge is 0.232 e. The minimum absolute atomic E-state index is 0.241. The van der Waals surface area contributed by atoms with Crippen molar-refractivity contribution < 1.29 is 14.6 Å². The van der Waals surface area contributed by atoms with E-state index in [0.29, 0.717) is 5.56 Å². The van der Waals surface area contributed by atoms with E-state index in [1.165, 1.54) is 0 Å². The molecule has 2 N–H and O–H groups in total. The molecule has 0 aliphatic carbocycles. The van der Waals surface area contributed by atoms with Crippen LogP contribution in [0, 0.1) is 0 Å². The van der Waals surface area contributed by atoms with Gasteiger partial charge in [0, 0.05) is 6.16 Å². The molecule has 0 saturated heterocycles. The molecule has 2 atom stereocenters. The highest BCUT2D eigenvalue weighted by atomic mass is 31.2. The Hall–Kier alpha value is -0.413. The summed E-state index contributed by atoms with van der Waals surface area (Å²) >= 11 is 0. The average molecular weight is 314 g/mol. The summed E-state index contributed by atoms with van der Waals surface area (Å²) in [7, 11) is -4.97. The Labute approximate surface area is 123 Å². The maximum atomic E-state index is 12.4. The molecule has 0 spiro atoms. The van der Waals surface area contributed by atoms with Crippen molar-refractivity contribution in [3.05, 3.63) is 35.9 Å². The van der Waals surface area contributed by atoms with Crippen molar-refractivity contribution in [3.63, 3.8) is 0 Å².